The van der Waals surface area contributed by atoms with E-state index in [0.29, 0.717) is 18.5 Å². The second-order valence-electron chi connectivity index (χ2n) is 5.72. The van der Waals surface area contributed by atoms with Gasteiger partial charge in [-0.15, -0.1) is 0 Å². The molecule has 0 heterocycles. The maximum absolute atomic E-state index is 11.4. The number of hydrazine groups is 1. The standard InChI is InChI=1S/C16H23N3O3/c1-16(2,3)22-15(21)18-10-5-4-7-12-8-6-9-13(11-12)14(20)19-17/h4,6-9,11H,5,10,17H2,1-3H3,(H,18,21)(H,19,20). The van der Waals surface area contributed by atoms with Gasteiger partial charge < -0.3 is 10.1 Å². The molecule has 1 rings (SSSR count). The molecule has 0 spiro atoms. The van der Waals surface area contributed by atoms with Crippen LogP contribution in [0.5, 0.6) is 0 Å². The lowest BCUT2D eigenvalue weighted by atomic mass is 10.1. The van der Waals surface area contributed by atoms with Crippen molar-refractivity contribution in [2.45, 2.75) is 32.8 Å². The van der Waals surface area contributed by atoms with Crippen molar-refractivity contribution in [2.75, 3.05) is 6.54 Å². The molecular formula is C16H23N3O3. The summed E-state index contributed by atoms with van der Waals surface area (Å²) in [5.41, 5.74) is 2.98. The number of carbonyl (C=O) groups excluding carboxylic acids is 2. The Kier molecular flexibility index (Phi) is 6.59. The molecule has 0 aliphatic rings. The van der Waals surface area contributed by atoms with E-state index in [0.717, 1.165) is 5.56 Å². The Bertz CT molecular complexity index is 548. The van der Waals surface area contributed by atoms with Crippen LogP contribution in [0.3, 0.4) is 0 Å². The first-order valence-electron chi connectivity index (χ1n) is 7.06. The number of alkyl carbamates (subject to hydrolysis) is 1. The Labute approximate surface area is 130 Å². The van der Waals surface area contributed by atoms with Crippen molar-refractivity contribution < 1.29 is 14.3 Å². The number of nitrogens with two attached hydrogens (primary N) is 1. The Morgan fingerprint density at radius 3 is 2.68 bits per heavy atom. The zero-order valence-electron chi connectivity index (χ0n) is 13.2. The van der Waals surface area contributed by atoms with Crippen LogP contribution in [0.1, 0.15) is 43.1 Å². The van der Waals surface area contributed by atoms with Gasteiger partial charge in [-0.2, -0.15) is 0 Å². The lowest BCUT2D eigenvalue weighted by Crippen LogP contribution is -2.32. The molecule has 1 aromatic rings. The fourth-order valence-corrected chi connectivity index (χ4v) is 1.66. The van der Waals surface area contributed by atoms with E-state index >= 15 is 0 Å². The molecule has 0 radical (unpaired) electrons. The SMILES string of the molecule is CC(C)(C)OC(=O)NCCC=Cc1cccc(C(=O)NN)c1. The molecule has 120 valence electrons. The van der Waals surface area contributed by atoms with E-state index in [4.69, 9.17) is 10.6 Å². The monoisotopic (exact) mass is 305 g/mol. The van der Waals surface area contributed by atoms with Crippen molar-refractivity contribution in [3.63, 3.8) is 0 Å². The summed E-state index contributed by atoms with van der Waals surface area (Å²) in [6, 6.07) is 7.08. The number of carbonyl (C=O) groups is 2. The molecule has 1 aromatic carbocycles. The molecule has 0 aliphatic carbocycles. The molecule has 6 nitrogen and oxygen atoms in total. The highest BCUT2D eigenvalue weighted by atomic mass is 16.6. The average molecular weight is 305 g/mol. The smallest absolute Gasteiger partial charge is 0.407 e. The van der Waals surface area contributed by atoms with Crippen molar-refractivity contribution in [3.8, 4) is 0 Å². The van der Waals surface area contributed by atoms with Crippen LogP contribution in [0.2, 0.25) is 0 Å². The molecule has 0 unspecified atom stereocenters. The van der Waals surface area contributed by atoms with Crippen molar-refractivity contribution in [1.29, 1.82) is 0 Å². The molecule has 0 aromatic heterocycles. The van der Waals surface area contributed by atoms with E-state index in [9.17, 15) is 9.59 Å². The van der Waals surface area contributed by atoms with Crippen LogP contribution < -0.4 is 16.6 Å². The van der Waals surface area contributed by atoms with Crippen LogP contribution in [-0.4, -0.2) is 24.1 Å². The number of rotatable bonds is 5. The number of nitrogens with one attached hydrogen (secondary N) is 2. The van der Waals surface area contributed by atoms with Gasteiger partial charge in [0.05, 0.1) is 0 Å². The second-order valence-corrected chi connectivity index (χ2v) is 5.72. The zero-order chi connectivity index (χ0) is 16.6. The third-order valence-electron chi connectivity index (χ3n) is 2.57. The van der Waals surface area contributed by atoms with Crippen molar-refractivity contribution in [2.24, 2.45) is 5.84 Å². The number of benzene rings is 1. The number of amides is 2. The molecule has 22 heavy (non-hydrogen) atoms. The van der Waals surface area contributed by atoms with Gasteiger partial charge >= 0.3 is 6.09 Å². The summed E-state index contributed by atoms with van der Waals surface area (Å²) in [6.45, 7) is 5.93. The van der Waals surface area contributed by atoms with E-state index in [2.05, 4.69) is 10.7 Å². The lowest BCUT2D eigenvalue weighted by Gasteiger charge is -2.19. The fraction of sp³-hybridized carbons (Fsp3) is 0.375. The minimum absolute atomic E-state index is 0.332. The van der Waals surface area contributed by atoms with Crippen molar-refractivity contribution in [1.82, 2.24) is 10.7 Å². The van der Waals surface area contributed by atoms with E-state index in [1.165, 1.54) is 0 Å². The highest BCUT2D eigenvalue weighted by molar-refractivity contribution is 5.94. The Morgan fingerprint density at radius 1 is 1.32 bits per heavy atom. The minimum Gasteiger partial charge on any atom is -0.444 e. The van der Waals surface area contributed by atoms with Gasteiger partial charge in [0.1, 0.15) is 5.60 Å². The zero-order valence-corrected chi connectivity index (χ0v) is 13.2. The van der Waals surface area contributed by atoms with Crippen LogP contribution in [0, 0.1) is 0 Å². The molecule has 2 amide bonds. The summed E-state index contributed by atoms with van der Waals surface area (Å²) in [6.07, 6.45) is 4.02. The molecular weight excluding hydrogens is 282 g/mol. The van der Waals surface area contributed by atoms with E-state index in [-0.39, 0.29) is 5.91 Å². The van der Waals surface area contributed by atoms with Gasteiger partial charge in [0, 0.05) is 12.1 Å². The van der Waals surface area contributed by atoms with Crippen molar-refractivity contribution in [3.05, 3.63) is 41.5 Å². The van der Waals surface area contributed by atoms with E-state index in [1.807, 2.05) is 39.0 Å². The number of hydrogen-bond acceptors (Lipinski definition) is 4. The topological polar surface area (TPSA) is 93.4 Å². The van der Waals surface area contributed by atoms with Crippen LogP contribution in [0.25, 0.3) is 6.08 Å². The van der Waals surface area contributed by atoms with Gasteiger partial charge in [-0.05, 0) is 44.9 Å². The van der Waals surface area contributed by atoms with Gasteiger partial charge in [0.15, 0.2) is 0 Å². The summed E-state index contributed by atoms with van der Waals surface area (Å²) in [5.74, 6) is 4.76. The lowest BCUT2D eigenvalue weighted by molar-refractivity contribution is 0.0528. The third kappa shape index (κ3) is 6.90. The summed E-state index contributed by atoms with van der Waals surface area (Å²) in [5, 5.41) is 2.67. The number of ether oxygens (including phenoxy) is 1. The molecule has 0 fully saturated rings. The largest absolute Gasteiger partial charge is 0.444 e. The van der Waals surface area contributed by atoms with Crippen LogP contribution >= 0.6 is 0 Å². The Balaban J connectivity index is 2.40. The first-order chi connectivity index (χ1) is 10.3. The molecule has 0 saturated carbocycles. The average Bonchev–Trinajstić information content (AvgIpc) is 2.44. The van der Waals surface area contributed by atoms with Gasteiger partial charge in [0.25, 0.3) is 5.91 Å². The fourth-order valence-electron chi connectivity index (χ4n) is 1.66. The predicted molar refractivity (Wildman–Crippen MR) is 86.0 cm³/mol. The van der Waals surface area contributed by atoms with Crippen LogP contribution in [0.4, 0.5) is 4.79 Å². The van der Waals surface area contributed by atoms with Gasteiger partial charge in [-0.1, -0.05) is 24.3 Å². The Morgan fingerprint density at radius 2 is 2.05 bits per heavy atom. The minimum atomic E-state index is -0.496. The van der Waals surface area contributed by atoms with E-state index < -0.39 is 11.7 Å². The first-order valence-corrected chi connectivity index (χ1v) is 7.06. The normalized spacial score (nSPS) is 11.3. The highest BCUT2D eigenvalue weighted by Gasteiger charge is 2.15. The molecule has 0 saturated heterocycles. The number of hydrogen-bond donors (Lipinski definition) is 3. The number of nitrogen functional groups attached to an aromatic ring is 1. The van der Waals surface area contributed by atoms with Gasteiger partial charge in [-0.3, -0.25) is 10.2 Å². The Hall–Kier alpha value is -2.34. The molecule has 4 N–H and O–H groups in total. The summed E-state index contributed by atoms with van der Waals surface area (Å²) >= 11 is 0. The maximum Gasteiger partial charge on any atom is 0.407 e. The molecule has 6 heteroatoms. The van der Waals surface area contributed by atoms with Crippen LogP contribution in [0.15, 0.2) is 30.3 Å². The summed E-state index contributed by atoms with van der Waals surface area (Å²) in [7, 11) is 0. The quantitative estimate of drug-likeness (QED) is 0.336. The predicted octanol–water partition coefficient (Wildman–Crippen LogP) is 2.22. The molecule has 0 aliphatic heterocycles. The van der Waals surface area contributed by atoms with Crippen molar-refractivity contribution >= 4 is 18.1 Å². The third-order valence-corrected chi connectivity index (χ3v) is 2.57. The first kappa shape index (κ1) is 17.7. The van der Waals surface area contributed by atoms with E-state index in [1.54, 1.807) is 18.2 Å². The molecule has 0 atom stereocenters. The maximum atomic E-state index is 11.4. The second kappa shape index (κ2) is 8.19. The van der Waals surface area contributed by atoms with Crippen LogP contribution in [-0.2, 0) is 4.74 Å². The highest BCUT2D eigenvalue weighted by Crippen LogP contribution is 2.08. The molecule has 0 bridgehead atoms. The van der Waals surface area contributed by atoms with Gasteiger partial charge in [-0.25, -0.2) is 10.6 Å². The summed E-state index contributed by atoms with van der Waals surface area (Å²) < 4.78 is 5.13. The van der Waals surface area contributed by atoms with Gasteiger partial charge in [0.2, 0.25) is 0 Å². The summed E-state index contributed by atoms with van der Waals surface area (Å²) in [4.78, 5) is 22.8.